The number of ether oxygens (including phenoxy) is 4. The number of hydrogen-bond acceptors (Lipinski definition) is 6. The molecule has 5 rings (SSSR count). The zero-order chi connectivity index (χ0) is 31.3. The van der Waals surface area contributed by atoms with Crippen LogP contribution in [0.15, 0.2) is 66.7 Å². The average Bonchev–Trinajstić information content (AvgIpc) is 2.97. The van der Waals surface area contributed by atoms with Crippen molar-refractivity contribution in [1.82, 2.24) is 0 Å². The standard InChI is InChI=1S/C19H21FO2.C12H15FO2.C4H8O2/c1-19(7-9-21-10-8-19)16-11-17(20)13-18(12-16)22-14-15-5-3-2-4-6-15;1-12(2-4-15-5-3-12)9-6-10(13)8-11(14)7-9;1-3-6-4(2)5/h2-6,11-13H,7-10,14H2,1H3;6-8,14H,2-5H2,1H3;3H2,1-2H3. The molecule has 234 valence electrons. The Kier molecular flexibility index (Phi) is 13.0. The van der Waals surface area contributed by atoms with E-state index in [4.69, 9.17) is 14.2 Å². The number of phenolic OH excluding ortho intramolecular Hbond substituents is 1. The van der Waals surface area contributed by atoms with Gasteiger partial charge in [0.15, 0.2) is 0 Å². The monoisotopic (exact) mass is 598 g/mol. The Bertz CT molecular complexity index is 1260. The molecule has 0 saturated carbocycles. The molecule has 6 nitrogen and oxygen atoms in total. The van der Waals surface area contributed by atoms with Gasteiger partial charge in [-0.15, -0.1) is 0 Å². The smallest absolute Gasteiger partial charge is 0.302 e. The van der Waals surface area contributed by atoms with Crippen molar-refractivity contribution in [2.75, 3.05) is 33.0 Å². The molecule has 2 fully saturated rings. The molecule has 0 aliphatic carbocycles. The Morgan fingerprint density at radius 1 is 0.814 bits per heavy atom. The topological polar surface area (TPSA) is 74.2 Å². The molecule has 0 radical (unpaired) electrons. The second-order valence-electron chi connectivity index (χ2n) is 11.4. The predicted octanol–water partition coefficient (Wildman–Crippen LogP) is 7.64. The number of carbonyl (C=O) groups excluding carboxylic acids is 1. The summed E-state index contributed by atoms with van der Waals surface area (Å²) in [5.74, 6) is -0.243. The highest BCUT2D eigenvalue weighted by atomic mass is 19.1. The van der Waals surface area contributed by atoms with E-state index >= 15 is 0 Å². The third kappa shape index (κ3) is 10.9. The third-order valence-electron chi connectivity index (χ3n) is 7.94. The Hall–Kier alpha value is -3.49. The molecule has 2 aliphatic heterocycles. The van der Waals surface area contributed by atoms with Crippen molar-refractivity contribution in [3.63, 3.8) is 0 Å². The largest absolute Gasteiger partial charge is 0.508 e. The number of halogens is 2. The zero-order valence-corrected chi connectivity index (χ0v) is 25.7. The minimum Gasteiger partial charge on any atom is -0.508 e. The summed E-state index contributed by atoms with van der Waals surface area (Å²) in [5.41, 5.74) is 2.83. The van der Waals surface area contributed by atoms with Crippen molar-refractivity contribution >= 4 is 5.97 Å². The highest BCUT2D eigenvalue weighted by Crippen LogP contribution is 2.37. The van der Waals surface area contributed by atoms with Gasteiger partial charge < -0.3 is 24.1 Å². The van der Waals surface area contributed by atoms with E-state index in [-0.39, 0.29) is 34.2 Å². The molecule has 3 aromatic carbocycles. The fourth-order valence-corrected chi connectivity index (χ4v) is 5.08. The maximum atomic E-state index is 14.0. The number of hydrogen-bond donors (Lipinski definition) is 1. The van der Waals surface area contributed by atoms with E-state index in [0.29, 0.717) is 32.2 Å². The van der Waals surface area contributed by atoms with Gasteiger partial charge >= 0.3 is 5.97 Å². The second-order valence-corrected chi connectivity index (χ2v) is 11.4. The van der Waals surface area contributed by atoms with Crippen LogP contribution in [0.4, 0.5) is 8.78 Å². The molecule has 43 heavy (non-hydrogen) atoms. The molecule has 0 bridgehead atoms. The van der Waals surface area contributed by atoms with Gasteiger partial charge in [0, 0.05) is 45.5 Å². The summed E-state index contributed by atoms with van der Waals surface area (Å²) in [5, 5.41) is 9.37. The summed E-state index contributed by atoms with van der Waals surface area (Å²) in [7, 11) is 0. The van der Waals surface area contributed by atoms with Crippen molar-refractivity contribution in [3.8, 4) is 11.5 Å². The first kappa shape index (κ1) is 34.0. The highest BCUT2D eigenvalue weighted by Gasteiger charge is 2.31. The van der Waals surface area contributed by atoms with Crippen LogP contribution in [0.5, 0.6) is 11.5 Å². The van der Waals surface area contributed by atoms with Crippen molar-refractivity contribution in [2.24, 2.45) is 0 Å². The number of aromatic hydroxyl groups is 1. The molecular weight excluding hydrogens is 554 g/mol. The van der Waals surface area contributed by atoms with E-state index < -0.39 is 0 Å². The fraction of sp³-hybridized carbons (Fsp3) is 0.457. The van der Waals surface area contributed by atoms with E-state index in [1.165, 1.54) is 19.1 Å². The van der Waals surface area contributed by atoms with Gasteiger partial charge in [0.25, 0.3) is 0 Å². The maximum Gasteiger partial charge on any atom is 0.302 e. The van der Waals surface area contributed by atoms with Crippen molar-refractivity contribution in [1.29, 1.82) is 0 Å². The predicted molar refractivity (Wildman–Crippen MR) is 162 cm³/mol. The van der Waals surface area contributed by atoms with Crippen molar-refractivity contribution < 1.29 is 37.6 Å². The molecule has 0 unspecified atom stereocenters. The van der Waals surface area contributed by atoms with Gasteiger partial charge in [0.05, 0.1) is 6.61 Å². The molecule has 0 atom stereocenters. The molecule has 1 N–H and O–H groups in total. The van der Waals surface area contributed by atoms with Gasteiger partial charge in [0.1, 0.15) is 29.7 Å². The summed E-state index contributed by atoms with van der Waals surface area (Å²) >= 11 is 0. The molecule has 8 heteroatoms. The molecular formula is C35H44F2O6. The van der Waals surface area contributed by atoms with Crippen LogP contribution in [0.1, 0.15) is 70.1 Å². The van der Waals surface area contributed by atoms with Crippen LogP contribution in [-0.2, 0) is 36.4 Å². The molecule has 2 saturated heterocycles. The number of esters is 1. The Morgan fingerprint density at radius 2 is 1.33 bits per heavy atom. The molecule has 0 aromatic heterocycles. The highest BCUT2D eigenvalue weighted by molar-refractivity contribution is 5.65. The van der Waals surface area contributed by atoms with Gasteiger partial charge in [-0.25, -0.2) is 8.78 Å². The summed E-state index contributed by atoms with van der Waals surface area (Å²) in [6.45, 7) is 11.2. The first-order chi connectivity index (χ1) is 20.5. The van der Waals surface area contributed by atoms with Crippen LogP contribution >= 0.6 is 0 Å². The zero-order valence-electron chi connectivity index (χ0n) is 25.7. The maximum absolute atomic E-state index is 14.0. The van der Waals surface area contributed by atoms with E-state index in [1.54, 1.807) is 19.1 Å². The molecule has 0 amide bonds. The minimum absolute atomic E-state index is 0.00211. The van der Waals surface area contributed by atoms with Gasteiger partial charge in [-0.2, -0.15) is 0 Å². The lowest BCUT2D eigenvalue weighted by Crippen LogP contribution is -2.30. The third-order valence-corrected chi connectivity index (χ3v) is 7.94. The van der Waals surface area contributed by atoms with E-state index in [9.17, 15) is 18.7 Å². The summed E-state index contributed by atoms with van der Waals surface area (Å²) in [4.78, 5) is 9.82. The number of phenols is 1. The van der Waals surface area contributed by atoms with Crippen LogP contribution in [-0.4, -0.2) is 44.1 Å². The summed E-state index contributed by atoms with van der Waals surface area (Å²) in [6, 6.07) is 19.2. The van der Waals surface area contributed by atoms with Gasteiger partial charge in [-0.3, -0.25) is 4.79 Å². The Morgan fingerprint density at radius 3 is 1.79 bits per heavy atom. The van der Waals surface area contributed by atoms with Gasteiger partial charge in [-0.1, -0.05) is 44.2 Å². The Labute approximate surface area is 253 Å². The van der Waals surface area contributed by atoms with Gasteiger partial charge in [0.2, 0.25) is 0 Å². The van der Waals surface area contributed by atoms with Crippen LogP contribution < -0.4 is 4.74 Å². The van der Waals surface area contributed by atoms with Crippen LogP contribution in [0.25, 0.3) is 0 Å². The molecule has 2 aliphatic rings. The normalized spacial score (nSPS) is 16.9. The Balaban J connectivity index is 0.000000208. The fourth-order valence-electron chi connectivity index (χ4n) is 5.08. The molecule has 2 heterocycles. The van der Waals surface area contributed by atoms with E-state index in [1.807, 2.05) is 36.4 Å². The first-order valence-corrected chi connectivity index (χ1v) is 14.8. The quantitative estimate of drug-likeness (QED) is 0.294. The number of rotatable bonds is 6. The lowest BCUT2D eigenvalue weighted by atomic mass is 9.76. The summed E-state index contributed by atoms with van der Waals surface area (Å²) < 4.78 is 48.0. The molecule has 0 spiro atoms. The van der Waals surface area contributed by atoms with Crippen molar-refractivity contribution in [3.05, 3.63) is 95.1 Å². The second kappa shape index (κ2) is 16.4. The van der Waals surface area contributed by atoms with Crippen molar-refractivity contribution in [2.45, 2.75) is 70.8 Å². The van der Waals surface area contributed by atoms with Crippen LogP contribution in [0, 0.1) is 11.6 Å². The summed E-state index contributed by atoms with van der Waals surface area (Å²) in [6.07, 6.45) is 3.56. The first-order valence-electron chi connectivity index (χ1n) is 14.8. The van der Waals surface area contributed by atoms with E-state index in [0.717, 1.165) is 61.7 Å². The van der Waals surface area contributed by atoms with Crippen LogP contribution in [0.2, 0.25) is 0 Å². The molecule has 3 aromatic rings. The average molecular weight is 599 g/mol. The number of carbonyl (C=O) groups is 1. The SMILES string of the molecule is CC1(c2cc(F)cc(OCc3ccccc3)c2)CCOCC1.CC1(c2cc(O)cc(F)c2)CCOCC1.CCOC(C)=O. The minimum atomic E-state index is -0.377. The lowest BCUT2D eigenvalue weighted by molar-refractivity contribution is -0.140. The van der Waals surface area contributed by atoms with Crippen LogP contribution in [0.3, 0.4) is 0 Å². The van der Waals surface area contributed by atoms with E-state index in [2.05, 4.69) is 18.6 Å². The van der Waals surface area contributed by atoms with Gasteiger partial charge in [-0.05, 0) is 84.4 Å². The number of benzene rings is 3. The lowest BCUT2D eigenvalue weighted by Gasteiger charge is -2.34.